The number of imidazole rings is 1. The fourth-order valence-electron chi connectivity index (χ4n) is 3.67. The van der Waals surface area contributed by atoms with Gasteiger partial charge in [-0.2, -0.15) is 0 Å². The molecule has 0 saturated heterocycles. The van der Waals surface area contributed by atoms with Crippen molar-refractivity contribution in [1.82, 2.24) is 14.5 Å². The van der Waals surface area contributed by atoms with Gasteiger partial charge in [-0.3, -0.25) is 0 Å². The second-order valence-corrected chi connectivity index (χ2v) is 6.99. The van der Waals surface area contributed by atoms with Gasteiger partial charge in [-0.05, 0) is 48.1 Å². The lowest BCUT2D eigenvalue weighted by Gasteiger charge is -2.19. The molecule has 0 aliphatic carbocycles. The first-order valence-electron chi connectivity index (χ1n) is 10.1. The number of aromatic nitrogens is 2. The highest BCUT2D eigenvalue weighted by atomic mass is 16.5. The lowest BCUT2D eigenvalue weighted by molar-refractivity contribution is 0.271. The predicted octanol–water partition coefficient (Wildman–Crippen LogP) is 5.11. The molecule has 0 saturated carbocycles. The summed E-state index contributed by atoms with van der Waals surface area (Å²) in [7, 11) is 0. The summed E-state index contributed by atoms with van der Waals surface area (Å²) in [5.41, 5.74) is 2.20. The first-order valence-corrected chi connectivity index (χ1v) is 10.1. The molecule has 0 unspecified atom stereocenters. The van der Waals surface area contributed by atoms with Crippen molar-refractivity contribution in [3.05, 3.63) is 72.6 Å². The maximum atomic E-state index is 6.13. The minimum Gasteiger partial charge on any atom is -0.486 e. The third-order valence-corrected chi connectivity index (χ3v) is 5.36. The van der Waals surface area contributed by atoms with E-state index in [-0.39, 0.29) is 0 Å². The Morgan fingerprint density at radius 1 is 0.893 bits per heavy atom. The van der Waals surface area contributed by atoms with Crippen LogP contribution in [0.25, 0.3) is 21.8 Å². The van der Waals surface area contributed by atoms with Crippen molar-refractivity contribution in [2.75, 3.05) is 19.6 Å². The number of hydrogen-bond donors (Lipinski definition) is 0. The van der Waals surface area contributed by atoms with Crippen LogP contribution < -0.4 is 4.74 Å². The normalized spacial score (nSPS) is 11.5. The molecule has 1 heterocycles. The lowest BCUT2D eigenvalue weighted by Crippen LogP contribution is -2.27. The summed E-state index contributed by atoms with van der Waals surface area (Å²) in [6, 6.07) is 22.9. The van der Waals surface area contributed by atoms with Crippen LogP contribution in [0.4, 0.5) is 0 Å². The Morgan fingerprint density at radius 2 is 1.64 bits per heavy atom. The van der Waals surface area contributed by atoms with Gasteiger partial charge in [0.25, 0.3) is 0 Å². The van der Waals surface area contributed by atoms with Gasteiger partial charge in [0, 0.05) is 13.1 Å². The van der Waals surface area contributed by atoms with Crippen LogP contribution in [0.5, 0.6) is 5.75 Å². The van der Waals surface area contributed by atoms with Crippen LogP contribution >= 0.6 is 0 Å². The third-order valence-electron chi connectivity index (χ3n) is 5.36. The summed E-state index contributed by atoms with van der Waals surface area (Å²) in [5, 5.41) is 2.41. The molecule has 0 atom stereocenters. The van der Waals surface area contributed by atoms with Gasteiger partial charge < -0.3 is 14.2 Å². The highest BCUT2D eigenvalue weighted by Gasteiger charge is 2.12. The number of para-hydroxylation sites is 2. The Kier molecular flexibility index (Phi) is 5.58. The molecule has 0 bridgehead atoms. The van der Waals surface area contributed by atoms with Gasteiger partial charge in [0.15, 0.2) is 0 Å². The number of rotatable bonds is 8. The molecule has 0 spiro atoms. The molecule has 0 aliphatic rings. The van der Waals surface area contributed by atoms with E-state index in [0.29, 0.717) is 6.61 Å². The highest BCUT2D eigenvalue weighted by molar-refractivity contribution is 5.83. The Morgan fingerprint density at radius 3 is 2.46 bits per heavy atom. The molecule has 1 aromatic heterocycles. The van der Waals surface area contributed by atoms with E-state index >= 15 is 0 Å². The van der Waals surface area contributed by atoms with Crippen molar-refractivity contribution < 1.29 is 4.74 Å². The summed E-state index contributed by atoms with van der Waals surface area (Å²) in [6.45, 7) is 8.93. The van der Waals surface area contributed by atoms with Gasteiger partial charge in [0.05, 0.1) is 11.0 Å². The average Bonchev–Trinajstić information content (AvgIpc) is 3.10. The smallest absolute Gasteiger partial charge is 0.148 e. The third kappa shape index (κ3) is 3.87. The van der Waals surface area contributed by atoms with E-state index in [2.05, 4.69) is 77.9 Å². The van der Waals surface area contributed by atoms with Gasteiger partial charge in [0.2, 0.25) is 0 Å². The maximum absolute atomic E-state index is 6.13. The summed E-state index contributed by atoms with van der Waals surface area (Å²) < 4.78 is 8.43. The van der Waals surface area contributed by atoms with Crippen molar-refractivity contribution in [2.45, 2.75) is 27.0 Å². The minimum atomic E-state index is 0.464. The van der Waals surface area contributed by atoms with E-state index in [1.165, 1.54) is 16.3 Å². The Labute approximate surface area is 166 Å². The molecular weight excluding hydrogens is 346 g/mol. The second kappa shape index (κ2) is 8.44. The van der Waals surface area contributed by atoms with E-state index in [1.54, 1.807) is 0 Å². The molecule has 28 heavy (non-hydrogen) atoms. The quantitative estimate of drug-likeness (QED) is 0.430. The van der Waals surface area contributed by atoms with Crippen LogP contribution in [-0.4, -0.2) is 34.1 Å². The fraction of sp³-hybridized carbons (Fsp3) is 0.292. The monoisotopic (exact) mass is 373 g/mol. The molecule has 144 valence electrons. The Hall–Kier alpha value is -2.85. The van der Waals surface area contributed by atoms with Crippen LogP contribution in [-0.2, 0) is 13.2 Å². The molecule has 0 aliphatic heterocycles. The van der Waals surface area contributed by atoms with Crippen molar-refractivity contribution in [2.24, 2.45) is 0 Å². The van der Waals surface area contributed by atoms with Crippen LogP contribution in [0.3, 0.4) is 0 Å². The van der Waals surface area contributed by atoms with Crippen molar-refractivity contribution in [3.63, 3.8) is 0 Å². The summed E-state index contributed by atoms with van der Waals surface area (Å²) in [4.78, 5) is 7.27. The van der Waals surface area contributed by atoms with Gasteiger partial charge in [-0.15, -0.1) is 0 Å². The predicted molar refractivity (Wildman–Crippen MR) is 116 cm³/mol. The van der Waals surface area contributed by atoms with E-state index < -0.39 is 0 Å². The second-order valence-electron chi connectivity index (χ2n) is 6.99. The lowest BCUT2D eigenvalue weighted by atomic mass is 10.1. The number of hydrogen-bond acceptors (Lipinski definition) is 3. The molecular formula is C24H27N3O. The summed E-state index contributed by atoms with van der Waals surface area (Å²) in [6.07, 6.45) is 0. The standard InChI is InChI=1S/C24H27N3O/c1-3-26(4-2)15-16-27-23-12-8-7-11-22(23)25-24(27)18-28-21-14-13-19-9-5-6-10-20(19)17-21/h5-14,17H,3-4,15-16,18H2,1-2H3. The zero-order valence-electron chi connectivity index (χ0n) is 16.6. The van der Waals surface area contributed by atoms with Crippen LogP contribution in [0, 0.1) is 0 Å². The first-order chi connectivity index (χ1) is 13.8. The minimum absolute atomic E-state index is 0.464. The summed E-state index contributed by atoms with van der Waals surface area (Å²) in [5.74, 6) is 1.85. The van der Waals surface area contributed by atoms with Crippen LogP contribution in [0.2, 0.25) is 0 Å². The molecule has 4 rings (SSSR count). The molecule has 0 radical (unpaired) electrons. The summed E-state index contributed by atoms with van der Waals surface area (Å²) >= 11 is 0. The SMILES string of the molecule is CCN(CC)CCn1c(COc2ccc3ccccc3c2)nc2ccccc21. The van der Waals surface area contributed by atoms with E-state index in [0.717, 1.165) is 43.3 Å². The van der Waals surface area contributed by atoms with Gasteiger partial charge in [-0.25, -0.2) is 4.98 Å². The Bertz CT molecular complexity index is 1070. The van der Waals surface area contributed by atoms with Crippen LogP contribution in [0.15, 0.2) is 66.7 Å². The van der Waals surface area contributed by atoms with Gasteiger partial charge >= 0.3 is 0 Å². The van der Waals surface area contributed by atoms with Crippen molar-refractivity contribution in [1.29, 1.82) is 0 Å². The van der Waals surface area contributed by atoms with Gasteiger partial charge in [-0.1, -0.05) is 56.3 Å². The largest absolute Gasteiger partial charge is 0.486 e. The molecule has 3 aromatic carbocycles. The maximum Gasteiger partial charge on any atom is 0.148 e. The highest BCUT2D eigenvalue weighted by Crippen LogP contribution is 2.22. The van der Waals surface area contributed by atoms with Gasteiger partial charge in [0.1, 0.15) is 18.2 Å². The fourth-order valence-corrected chi connectivity index (χ4v) is 3.67. The average molecular weight is 374 g/mol. The number of nitrogens with zero attached hydrogens (tertiary/aromatic N) is 3. The van der Waals surface area contributed by atoms with Crippen molar-refractivity contribution in [3.8, 4) is 5.75 Å². The zero-order chi connectivity index (χ0) is 19.3. The molecule has 4 aromatic rings. The number of ether oxygens (including phenoxy) is 1. The topological polar surface area (TPSA) is 30.3 Å². The molecule has 4 heteroatoms. The number of fused-ring (bicyclic) bond motifs is 2. The molecule has 0 fully saturated rings. The van der Waals surface area contributed by atoms with Crippen molar-refractivity contribution >= 4 is 21.8 Å². The van der Waals surface area contributed by atoms with E-state index in [9.17, 15) is 0 Å². The molecule has 0 N–H and O–H groups in total. The molecule has 4 nitrogen and oxygen atoms in total. The van der Waals surface area contributed by atoms with E-state index in [1.807, 2.05) is 12.1 Å². The number of likely N-dealkylation sites (N-methyl/N-ethyl adjacent to an activating group) is 1. The van der Waals surface area contributed by atoms with Crippen LogP contribution in [0.1, 0.15) is 19.7 Å². The molecule has 0 amide bonds. The van der Waals surface area contributed by atoms with E-state index in [4.69, 9.17) is 9.72 Å². The number of benzene rings is 3. The Balaban J connectivity index is 1.57. The first kappa shape index (κ1) is 18.5. The zero-order valence-corrected chi connectivity index (χ0v) is 16.6.